The monoisotopic (exact) mass is 366 g/mol. The van der Waals surface area contributed by atoms with Crippen LogP contribution in [0.3, 0.4) is 0 Å². The highest BCUT2D eigenvalue weighted by Gasteiger charge is 2.15. The first-order chi connectivity index (χ1) is 13.1. The molecule has 1 heterocycles. The van der Waals surface area contributed by atoms with E-state index in [0.29, 0.717) is 5.92 Å². The predicted octanol–water partition coefficient (Wildman–Crippen LogP) is 3.24. The van der Waals surface area contributed by atoms with Gasteiger partial charge in [-0.15, -0.1) is 0 Å². The van der Waals surface area contributed by atoms with Crippen LogP contribution in [0.5, 0.6) is 0 Å². The molecule has 140 valence electrons. The fourth-order valence-corrected chi connectivity index (χ4v) is 3.38. The minimum absolute atomic E-state index is 0.0128. The third-order valence-corrected chi connectivity index (χ3v) is 4.87. The molecule has 2 aromatic rings. The first kappa shape index (κ1) is 18.9. The average molecular weight is 366 g/mol. The van der Waals surface area contributed by atoms with Crippen LogP contribution in [0, 0.1) is 17.1 Å². The van der Waals surface area contributed by atoms with E-state index in [1.54, 1.807) is 7.05 Å². The summed E-state index contributed by atoms with van der Waals surface area (Å²) < 4.78 is 14.1. The number of benzene rings is 2. The lowest BCUT2D eigenvalue weighted by atomic mass is 9.90. The molecule has 5 nitrogen and oxygen atoms in total. The van der Waals surface area contributed by atoms with Crippen molar-refractivity contribution in [2.75, 3.05) is 36.9 Å². The Morgan fingerprint density at radius 3 is 2.59 bits per heavy atom. The van der Waals surface area contributed by atoms with Crippen LogP contribution in [0.2, 0.25) is 0 Å². The molecule has 1 aliphatic rings. The zero-order chi connectivity index (χ0) is 19.2. The highest BCUT2D eigenvalue weighted by atomic mass is 19.1. The van der Waals surface area contributed by atoms with E-state index in [1.807, 2.05) is 18.2 Å². The highest BCUT2D eigenvalue weighted by Crippen LogP contribution is 2.26. The van der Waals surface area contributed by atoms with Gasteiger partial charge >= 0.3 is 0 Å². The molecule has 0 aromatic heterocycles. The molecule has 1 amide bonds. The number of nitriles is 1. The van der Waals surface area contributed by atoms with Gasteiger partial charge in [0.2, 0.25) is 5.91 Å². The molecular weight excluding hydrogens is 343 g/mol. The van der Waals surface area contributed by atoms with E-state index in [2.05, 4.69) is 22.8 Å². The van der Waals surface area contributed by atoms with Crippen molar-refractivity contribution in [2.45, 2.75) is 18.8 Å². The van der Waals surface area contributed by atoms with Gasteiger partial charge in [0.05, 0.1) is 23.9 Å². The first-order valence-electron chi connectivity index (χ1n) is 9.08. The van der Waals surface area contributed by atoms with Crippen LogP contribution >= 0.6 is 0 Å². The maximum atomic E-state index is 14.1. The van der Waals surface area contributed by atoms with E-state index < -0.39 is 5.82 Å². The van der Waals surface area contributed by atoms with Crippen LogP contribution in [-0.2, 0) is 4.79 Å². The summed E-state index contributed by atoms with van der Waals surface area (Å²) in [5, 5.41) is 15.0. The van der Waals surface area contributed by atoms with Gasteiger partial charge in [-0.3, -0.25) is 4.79 Å². The lowest BCUT2D eigenvalue weighted by Gasteiger charge is -2.23. The average Bonchev–Trinajstić information content (AvgIpc) is 2.69. The number of halogens is 1. The molecule has 27 heavy (non-hydrogen) atoms. The van der Waals surface area contributed by atoms with E-state index in [9.17, 15) is 9.18 Å². The van der Waals surface area contributed by atoms with Crippen molar-refractivity contribution in [1.29, 1.82) is 5.26 Å². The molecule has 2 N–H and O–H groups in total. The third kappa shape index (κ3) is 4.83. The maximum Gasteiger partial charge on any atom is 0.243 e. The Hall–Kier alpha value is -2.91. The number of nitrogens with one attached hydrogen (secondary N) is 2. The van der Waals surface area contributed by atoms with Gasteiger partial charge in [-0.25, -0.2) is 4.39 Å². The third-order valence-electron chi connectivity index (χ3n) is 4.87. The number of likely N-dealkylation sites (N-methyl/N-ethyl adjacent to an activating group) is 1. The van der Waals surface area contributed by atoms with Crippen LogP contribution in [0.25, 0.3) is 0 Å². The summed E-state index contributed by atoms with van der Waals surface area (Å²) in [6.07, 6.45) is 2.26. The molecule has 0 unspecified atom stereocenters. The summed E-state index contributed by atoms with van der Waals surface area (Å²) in [6, 6.07) is 14.1. The van der Waals surface area contributed by atoms with E-state index in [1.165, 1.54) is 28.7 Å². The van der Waals surface area contributed by atoms with Gasteiger partial charge in [-0.2, -0.15) is 5.26 Å². The van der Waals surface area contributed by atoms with E-state index >= 15 is 0 Å². The van der Waals surface area contributed by atoms with Crippen molar-refractivity contribution in [3.05, 3.63) is 59.4 Å². The van der Waals surface area contributed by atoms with Gasteiger partial charge in [-0.05, 0) is 67.7 Å². The topological polar surface area (TPSA) is 68.2 Å². The lowest BCUT2D eigenvalue weighted by molar-refractivity contribution is -0.114. The van der Waals surface area contributed by atoms with Crippen molar-refractivity contribution < 1.29 is 9.18 Å². The number of piperidine rings is 1. The second-order valence-corrected chi connectivity index (χ2v) is 6.83. The number of amides is 1. The van der Waals surface area contributed by atoms with Crippen molar-refractivity contribution >= 4 is 17.3 Å². The number of hydrogen-bond acceptors (Lipinski definition) is 4. The van der Waals surface area contributed by atoms with Gasteiger partial charge in [0, 0.05) is 12.7 Å². The zero-order valence-electron chi connectivity index (χ0n) is 15.3. The summed E-state index contributed by atoms with van der Waals surface area (Å²) in [7, 11) is 1.64. The van der Waals surface area contributed by atoms with Gasteiger partial charge in [0.15, 0.2) is 0 Å². The number of nitrogens with zero attached hydrogens (tertiary/aromatic N) is 2. The summed E-state index contributed by atoms with van der Waals surface area (Å²) >= 11 is 0. The van der Waals surface area contributed by atoms with Crippen LogP contribution in [0.1, 0.15) is 29.9 Å². The molecule has 3 rings (SSSR count). The summed E-state index contributed by atoms with van der Waals surface area (Å²) in [6.45, 7) is 2.10. The van der Waals surface area contributed by atoms with Crippen molar-refractivity contribution in [3.8, 4) is 6.07 Å². The minimum atomic E-state index is -0.518. The van der Waals surface area contributed by atoms with Crippen LogP contribution < -0.4 is 15.5 Å². The van der Waals surface area contributed by atoms with E-state index in [-0.39, 0.29) is 23.7 Å². The van der Waals surface area contributed by atoms with Crippen molar-refractivity contribution in [3.63, 3.8) is 0 Å². The van der Waals surface area contributed by atoms with Crippen molar-refractivity contribution in [2.24, 2.45) is 0 Å². The summed E-state index contributed by atoms with van der Waals surface area (Å²) in [5.74, 6) is -0.173. The Kier molecular flexibility index (Phi) is 6.05. The van der Waals surface area contributed by atoms with Gasteiger partial charge in [-0.1, -0.05) is 12.1 Å². The molecule has 6 heteroatoms. The molecule has 1 saturated heterocycles. The maximum absolute atomic E-state index is 14.1. The molecule has 2 aromatic carbocycles. The van der Waals surface area contributed by atoms with E-state index in [0.717, 1.165) is 31.6 Å². The molecule has 0 radical (unpaired) electrons. The first-order valence-corrected chi connectivity index (χ1v) is 9.08. The van der Waals surface area contributed by atoms with Gasteiger partial charge in [0.1, 0.15) is 5.82 Å². The van der Waals surface area contributed by atoms with Crippen LogP contribution in [0.15, 0.2) is 42.5 Å². The standard InChI is InChI=1S/C21H23FN4O/c1-26(20-7-2-15(13-23)12-19(20)22)14-21(27)25-18-5-3-16(4-6-18)17-8-10-24-11-9-17/h2-7,12,17,24H,8-11,14H2,1H3,(H,25,27). The smallest absolute Gasteiger partial charge is 0.243 e. The van der Waals surface area contributed by atoms with Crippen LogP contribution in [-0.4, -0.2) is 32.6 Å². The molecule has 0 bridgehead atoms. The molecule has 0 atom stereocenters. The molecule has 1 aliphatic heterocycles. The largest absolute Gasteiger partial charge is 0.363 e. The number of anilines is 2. The molecule has 1 fully saturated rings. The van der Waals surface area contributed by atoms with Gasteiger partial charge < -0.3 is 15.5 Å². The Morgan fingerprint density at radius 1 is 1.26 bits per heavy atom. The Balaban J connectivity index is 1.58. The second-order valence-electron chi connectivity index (χ2n) is 6.83. The minimum Gasteiger partial charge on any atom is -0.363 e. The van der Waals surface area contributed by atoms with Crippen LogP contribution in [0.4, 0.5) is 15.8 Å². The molecule has 0 aliphatic carbocycles. The fraction of sp³-hybridized carbons (Fsp3) is 0.333. The second kappa shape index (κ2) is 8.65. The Bertz CT molecular complexity index is 838. The van der Waals surface area contributed by atoms with Gasteiger partial charge in [0.25, 0.3) is 0 Å². The fourth-order valence-electron chi connectivity index (χ4n) is 3.38. The number of rotatable bonds is 5. The normalized spacial score (nSPS) is 14.4. The molecule has 0 saturated carbocycles. The van der Waals surface area contributed by atoms with Crippen molar-refractivity contribution in [1.82, 2.24) is 5.32 Å². The SMILES string of the molecule is CN(CC(=O)Nc1ccc(C2CCNCC2)cc1)c1ccc(C#N)cc1F. The highest BCUT2D eigenvalue weighted by molar-refractivity contribution is 5.94. The Morgan fingerprint density at radius 2 is 1.96 bits per heavy atom. The quantitative estimate of drug-likeness (QED) is 0.852. The molecule has 0 spiro atoms. The predicted molar refractivity (Wildman–Crippen MR) is 104 cm³/mol. The zero-order valence-corrected chi connectivity index (χ0v) is 15.3. The molecular formula is C21H23FN4O. The Labute approximate surface area is 158 Å². The van der Waals surface area contributed by atoms with E-state index in [4.69, 9.17) is 5.26 Å². The summed E-state index contributed by atoms with van der Waals surface area (Å²) in [5.41, 5.74) is 2.56. The lowest BCUT2D eigenvalue weighted by Crippen LogP contribution is -2.30. The summed E-state index contributed by atoms with van der Waals surface area (Å²) in [4.78, 5) is 13.8. The number of carbonyl (C=O) groups is 1. The number of carbonyl (C=O) groups excluding carboxylic acids is 1. The number of hydrogen-bond donors (Lipinski definition) is 2.